The smallest absolute Gasteiger partial charge is 0.322 e. The van der Waals surface area contributed by atoms with E-state index in [1.54, 1.807) is 7.11 Å². The number of carbonyl (C=O) groups is 1. The summed E-state index contributed by atoms with van der Waals surface area (Å²) in [6.45, 7) is 9.58. The van der Waals surface area contributed by atoms with Crippen molar-refractivity contribution < 1.29 is 19.0 Å². The molecular weight excluding hydrogens is 450 g/mol. The van der Waals surface area contributed by atoms with Gasteiger partial charge in [0, 0.05) is 62.2 Å². The van der Waals surface area contributed by atoms with E-state index in [4.69, 9.17) is 14.2 Å². The highest BCUT2D eigenvalue weighted by molar-refractivity contribution is 6.03. The lowest BCUT2D eigenvalue weighted by atomic mass is 10.1. The standard InChI is InChI=1S/C24H33N7O4/c1-16-17(2)26-20-6-5-18(15-19(16)20)27-22(32)21-28-23(25-7-4-11-33-3)30-24(29-21)35-14-10-31-8-12-34-13-9-31/h5-6,15,26H,4,7-14H2,1-3H3,(H,27,32)(H,25,28,29,30). The summed E-state index contributed by atoms with van der Waals surface area (Å²) in [5.41, 5.74) is 3.94. The van der Waals surface area contributed by atoms with Crippen LogP contribution in [0, 0.1) is 13.8 Å². The van der Waals surface area contributed by atoms with E-state index >= 15 is 0 Å². The van der Waals surface area contributed by atoms with Crippen LogP contribution >= 0.6 is 0 Å². The SMILES string of the molecule is COCCCNc1nc(OCCN2CCOCC2)nc(C(=O)Nc2ccc3[nH]c(C)c(C)c3c2)n1. The molecule has 1 aliphatic rings. The largest absolute Gasteiger partial charge is 0.462 e. The summed E-state index contributed by atoms with van der Waals surface area (Å²) in [5.74, 6) is -0.164. The first-order valence-electron chi connectivity index (χ1n) is 11.9. The fourth-order valence-corrected chi connectivity index (χ4v) is 3.84. The third-order valence-corrected chi connectivity index (χ3v) is 5.93. The molecular formula is C24H33N7O4. The average Bonchev–Trinajstić information content (AvgIpc) is 3.15. The number of amides is 1. The van der Waals surface area contributed by atoms with Crippen LogP contribution in [0.1, 0.15) is 28.3 Å². The minimum atomic E-state index is -0.436. The Labute approximate surface area is 204 Å². The molecule has 1 aliphatic heterocycles. The Bertz CT molecular complexity index is 1140. The van der Waals surface area contributed by atoms with Crippen LogP contribution in [0.25, 0.3) is 10.9 Å². The van der Waals surface area contributed by atoms with Crippen LogP contribution in [0.2, 0.25) is 0 Å². The predicted molar refractivity (Wildman–Crippen MR) is 133 cm³/mol. The summed E-state index contributed by atoms with van der Waals surface area (Å²) in [6, 6.07) is 5.85. The van der Waals surface area contributed by atoms with Crippen molar-refractivity contribution in [2.75, 3.05) is 70.3 Å². The lowest BCUT2D eigenvalue weighted by Gasteiger charge is -2.26. The maximum absolute atomic E-state index is 13.0. The van der Waals surface area contributed by atoms with Crippen LogP contribution in [0.3, 0.4) is 0 Å². The van der Waals surface area contributed by atoms with E-state index in [1.165, 1.54) is 0 Å². The van der Waals surface area contributed by atoms with Crippen LogP contribution in [0.5, 0.6) is 6.01 Å². The zero-order chi connectivity index (χ0) is 24.6. The van der Waals surface area contributed by atoms with Gasteiger partial charge in [-0.05, 0) is 44.0 Å². The zero-order valence-corrected chi connectivity index (χ0v) is 20.5. The highest BCUT2D eigenvalue weighted by Crippen LogP contribution is 2.24. The van der Waals surface area contributed by atoms with Crippen molar-refractivity contribution in [2.45, 2.75) is 20.3 Å². The fraction of sp³-hybridized carbons (Fsp3) is 0.500. The van der Waals surface area contributed by atoms with Crippen LogP contribution in [-0.4, -0.2) is 90.5 Å². The first-order chi connectivity index (χ1) is 17.0. The molecule has 1 fully saturated rings. The second-order valence-corrected chi connectivity index (χ2v) is 8.43. The molecule has 3 heterocycles. The van der Waals surface area contributed by atoms with Crippen molar-refractivity contribution in [3.8, 4) is 6.01 Å². The number of anilines is 2. The van der Waals surface area contributed by atoms with E-state index in [0.29, 0.717) is 25.4 Å². The molecule has 0 saturated carbocycles. The number of benzene rings is 1. The number of methoxy groups -OCH3 is 1. The molecule has 2 aromatic heterocycles. The van der Waals surface area contributed by atoms with Gasteiger partial charge in [0.1, 0.15) is 6.61 Å². The van der Waals surface area contributed by atoms with Crippen LogP contribution in [-0.2, 0) is 9.47 Å². The summed E-state index contributed by atoms with van der Waals surface area (Å²) in [4.78, 5) is 31.5. The Kier molecular flexibility index (Phi) is 8.45. The molecule has 4 rings (SSSR count). The van der Waals surface area contributed by atoms with E-state index in [9.17, 15) is 4.79 Å². The summed E-state index contributed by atoms with van der Waals surface area (Å²) in [6.07, 6.45) is 0.770. The topological polar surface area (TPSA) is 127 Å². The van der Waals surface area contributed by atoms with Crippen molar-refractivity contribution in [3.63, 3.8) is 0 Å². The number of fused-ring (bicyclic) bond motifs is 1. The maximum Gasteiger partial charge on any atom is 0.322 e. The van der Waals surface area contributed by atoms with E-state index in [1.807, 2.05) is 32.0 Å². The van der Waals surface area contributed by atoms with Gasteiger partial charge in [0.15, 0.2) is 0 Å². The number of nitrogens with zero attached hydrogens (tertiary/aromatic N) is 4. The zero-order valence-electron chi connectivity index (χ0n) is 20.5. The number of hydrogen-bond donors (Lipinski definition) is 3. The molecule has 0 atom stereocenters. The first kappa shape index (κ1) is 24.8. The molecule has 0 radical (unpaired) electrons. The van der Waals surface area contributed by atoms with Crippen LogP contribution in [0.4, 0.5) is 11.6 Å². The summed E-state index contributed by atoms with van der Waals surface area (Å²) < 4.78 is 16.3. The van der Waals surface area contributed by atoms with Gasteiger partial charge in [-0.3, -0.25) is 9.69 Å². The summed E-state index contributed by atoms with van der Waals surface area (Å²) in [5, 5.41) is 7.07. The number of hydrogen-bond acceptors (Lipinski definition) is 9. The molecule has 0 bridgehead atoms. The molecule has 1 aromatic carbocycles. The molecule has 3 aromatic rings. The third kappa shape index (κ3) is 6.65. The Morgan fingerprint density at radius 3 is 2.80 bits per heavy atom. The average molecular weight is 484 g/mol. The first-order valence-corrected chi connectivity index (χ1v) is 11.9. The second-order valence-electron chi connectivity index (χ2n) is 8.43. The van der Waals surface area contributed by atoms with Crippen molar-refractivity contribution in [3.05, 3.63) is 35.3 Å². The Morgan fingerprint density at radius 1 is 1.17 bits per heavy atom. The molecule has 188 valence electrons. The molecule has 0 spiro atoms. The predicted octanol–water partition coefficient (Wildman–Crippen LogP) is 2.38. The molecule has 11 nitrogen and oxygen atoms in total. The van der Waals surface area contributed by atoms with Gasteiger partial charge in [-0.25, -0.2) is 0 Å². The molecule has 3 N–H and O–H groups in total. The number of aromatic nitrogens is 4. The highest BCUT2D eigenvalue weighted by Gasteiger charge is 2.17. The number of ether oxygens (including phenoxy) is 3. The van der Waals surface area contributed by atoms with E-state index in [0.717, 1.165) is 61.4 Å². The minimum absolute atomic E-state index is 0.0160. The Hall–Kier alpha value is -3.28. The number of rotatable bonds is 11. The second kappa shape index (κ2) is 11.9. The van der Waals surface area contributed by atoms with Gasteiger partial charge in [0.2, 0.25) is 11.8 Å². The maximum atomic E-state index is 13.0. The number of nitrogens with one attached hydrogen (secondary N) is 3. The number of H-pyrrole nitrogens is 1. The molecule has 0 unspecified atom stereocenters. The van der Waals surface area contributed by atoms with Crippen LogP contribution in [0.15, 0.2) is 18.2 Å². The number of morpholine rings is 1. The molecule has 35 heavy (non-hydrogen) atoms. The number of aromatic amines is 1. The van der Waals surface area contributed by atoms with Crippen molar-refractivity contribution in [1.29, 1.82) is 0 Å². The summed E-state index contributed by atoms with van der Waals surface area (Å²) >= 11 is 0. The quantitative estimate of drug-likeness (QED) is 0.352. The molecule has 11 heteroatoms. The Balaban J connectivity index is 1.46. The van der Waals surface area contributed by atoms with Gasteiger partial charge < -0.3 is 29.8 Å². The van der Waals surface area contributed by atoms with Gasteiger partial charge in [-0.15, -0.1) is 0 Å². The van der Waals surface area contributed by atoms with Gasteiger partial charge in [-0.2, -0.15) is 15.0 Å². The summed E-state index contributed by atoms with van der Waals surface area (Å²) in [7, 11) is 1.65. The monoisotopic (exact) mass is 483 g/mol. The third-order valence-electron chi connectivity index (χ3n) is 5.93. The van der Waals surface area contributed by atoms with Gasteiger partial charge >= 0.3 is 6.01 Å². The lowest BCUT2D eigenvalue weighted by molar-refractivity contribution is 0.0317. The molecule has 0 aliphatic carbocycles. The lowest BCUT2D eigenvalue weighted by Crippen LogP contribution is -2.38. The highest BCUT2D eigenvalue weighted by atomic mass is 16.5. The normalized spacial score (nSPS) is 14.3. The minimum Gasteiger partial charge on any atom is -0.462 e. The van der Waals surface area contributed by atoms with E-state index in [-0.39, 0.29) is 17.8 Å². The van der Waals surface area contributed by atoms with Crippen molar-refractivity contribution in [1.82, 2.24) is 24.8 Å². The molecule has 1 amide bonds. The fourth-order valence-electron chi connectivity index (χ4n) is 3.84. The van der Waals surface area contributed by atoms with E-state index < -0.39 is 5.91 Å². The van der Waals surface area contributed by atoms with E-state index in [2.05, 4.69) is 35.5 Å². The van der Waals surface area contributed by atoms with Crippen LogP contribution < -0.4 is 15.4 Å². The molecule has 1 saturated heterocycles. The van der Waals surface area contributed by atoms with Gasteiger partial charge in [-0.1, -0.05) is 0 Å². The van der Waals surface area contributed by atoms with Crippen molar-refractivity contribution in [2.24, 2.45) is 0 Å². The van der Waals surface area contributed by atoms with Crippen molar-refractivity contribution >= 4 is 28.4 Å². The number of carbonyl (C=O) groups excluding carboxylic acids is 1. The van der Waals surface area contributed by atoms with Gasteiger partial charge in [0.25, 0.3) is 5.91 Å². The number of aryl methyl sites for hydroxylation is 2. The van der Waals surface area contributed by atoms with Gasteiger partial charge in [0.05, 0.1) is 13.2 Å². The Morgan fingerprint density at radius 2 is 2.00 bits per heavy atom.